The highest BCUT2D eigenvalue weighted by molar-refractivity contribution is 6.30. The molecular formula is C20H13ClFN5O2. The van der Waals surface area contributed by atoms with Crippen molar-refractivity contribution in [2.75, 3.05) is 0 Å². The molecule has 9 heteroatoms. The van der Waals surface area contributed by atoms with E-state index >= 15 is 0 Å². The van der Waals surface area contributed by atoms with Gasteiger partial charge >= 0.3 is 0 Å². The quantitative estimate of drug-likeness (QED) is 0.528. The van der Waals surface area contributed by atoms with E-state index in [1.54, 1.807) is 30.3 Å². The second-order valence-corrected chi connectivity index (χ2v) is 6.34. The lowest BCUT2D eigenvalue weighted by Crippen LogP contribution is -2.31. The summed E-state index contributed by atoms with van der Waals surface area (Å²) in [6.45, 7) is 1.44. The molecule has 0 aliphatic carbocycles. The molecule has 3 rings (SSSR count). The number of nitriles is 1. The first-order valence-electron chi connectivity index (χ1n) is 8.29. The van der Waals surface area contributed by atoms with Crippen molar-refractivity contribution in [2.45, 2.75) is 6.92 Å². The van der Waals surface area contributed by atoms with Crippen LogP contribution in [0.1, 0.15) is 27.2 Å². The van der Waals surface area contributed by atoms with Gasteiger partial charge in [0.1, 0.15) is 17.4 Å². The van der Waals surface area contributed by atoms with Gasteiger partial charge in [0.25, 0.3) is 11.5 Å². The average molecular weight is 410 g/mol. The van der Waals surface area contributed by atoms with Crippen molar-refractivity contribution in [1.29, 1.82) is 5.26 Å². The van der Waals surface area contributed by atoms with Crippen molar-refractivity contribution in [3.05, 3.63) is 92.1 Å². The summed E-state index contributed by atoms with van der Waals surface area (Å²) in [5.41, 5.74) is 2.24. The van der Waals surface area contributed by atoms with Crippen LogP contribution in [0, 0.1) is 24.1 Å². The van der Waals surface area contributed by atoms with Crippen LogP contribution in [-0.4, -0.2) is 21.9 Å². The normalized spacial score (nSPS) is 10.7. The third-order valence-corrected chi connectivity index (χ3v) is 4.24. The predicted molar refractivity (Wildman–Crippen MR) is 106 cm³/mol. The van der Waals surface area contributed by atoms with E-state index in [1.807, 2.05) is 0 Å². The lowest BCUT2D eigenvalue weighted by atomic mass is 10.1. The first kappa shape index (κ1) is 19.9. The van der Waals surface area contributed by atoms with Gasteiger partial charge in [-0.3, -0.25) is 9.59 Å². The maximum atomic E-state index is 13.2. The first-order chi connectivity index (χ1) is 13.9. The van der Waals surface area contributed by atoms with Crippen LogP contribution in [0.25, 0.3) is 5.69 Å². The molecule has 1 amide bonds. The number of hydrogen-bond acceptors (Lipinski definition) is 5. The topological polar surface area (TPSA) is 100 Å². The van der Waals surface area contributed by atoms with Gasteiger partial charge in [0.05, 0.1) is 11.9 Å². The third kappa shape index (κ3) is 4.36. The average Bonchev–Trinajstić information content (AvgIpc) is 2.71. The van der Waals surface area contributed by atoms with Crippen molar-refractivity contribution >= 4 is 23.7 Å². The molecule has 0 unspecified atom stereocenters. The zero-order chi connectivity index (χ0) is 21.0. The molecule has 29 heavy (non-hydrogen) atoms. The molecule has 0 saturated carbocycles. The Morgan fingerprint density at radius 1 is 1.24 bits per heavy atom. The van der Waals surface area contributed by atoms with E-state index < -0.39 is 17.3 Å². The first-order valence-corrected chi connectivity index (χ1v) is 8.67. The summed E-state index contributed by atoms with van der Waals surface area (Å²) < 4.78 is 14.1. The number of aromatic nitrogens is 2. The van der Waals surface area contributed by atoms with Crippen molar-refractivity contribution in [3.8, 4) is 11.8 Å². The smallest absolute Gasteiger partial charge is 0.266 e. The van der Waals surface area contributed by atoms with E-state index in [1.165, 1.54) is 25.3 Å². The summed E-state index contributed by atoms with van der Waals surface area (Å²) in [6, 6.07) is 13.5. The van der Waals surface area contributed by atoms with Gasteiger partial charge in [-0.2, -0.15) is 20.1 Å². The molecule has 0 radical (unpaired) electrons. The monoisotopic (exact) mass is 409 g/mol. The van der Waals surface area contributed by atoms with Crippen LogP contribution in [0.4, 0.5) is 4.39 Å². The number of nitrogens with one attached hydrogen (secondary N) is 1. The molecule has 1 N–H and O–H groups in total. The van der Waals surface area contributed by atoms with Gasteiger partial charge in [-0.25, -0.2) is 9.82 Å². The molecule has 0 spiro atoms. The molecule has 7 nitrogen and oxygen atoms in total. The third-order valence-electron chi connectivity index (χ3n) is 3.98. The van der Waals surface area contributed by atoms with Crippen LogP contribution >= 0.6 is 11.6 Å². The Morgan fingerprint density at radius 3 is 2.52 bits per heavy atom. The van der Waals surface area contributed by atoms with Crippen LogP contribution in [0.5, 0.6) is 0 Å². The van der Waals surface area contributed by atoms with Gasteiger partial charge in [-0.1, -0.05) is 23.7 Å². The second kappa shape index (κ2) is 8.46. The molecule has 0 fully saturated rings. The van der Waals surface area contributed by atoms with Crippen LogP contribution < -0.4 is 11.0 Å². The number of benzene rings is 2. The largest absolute Gasteiger partial charge is 0.292 e. The highest BCUT2D eigenvalue weighted by atomic mass is 35.5. The minimum absolute atomic E-state index is 0.120. The fourth-order valence-electron chi connectivity index (χ4n) is 2.48. The van der Waals surface area contributed by atoms with Crippen molar-refractivity contribution in [2.24, 2.45) is 5.10 Å². The maximum absolute atomic E-state index is 13.2. The number of halogens is 2. The van der Waals surface area contributed by atoms with Gasteiger partial charge in [0.15, 0.2) is 5.69 Å². The van der Waals surface area contributed by atoms with Gasteiger partial charge in [0, 0.05) is 10.6 Å². The molecule has 1 heterocycles. The summed E-state index contributed by atoms with van der Waals surface area (Å²) in [4.78, 5) is 25.1. The fourth-order valence-corrected chi connectivity index (χ4v) is 2.60. The Morgan fingerprint density at radius 2 is 1.90 bits per heavy atom. The molecule has 0 aliphatic heterocycles. The molecule has 2 aromatic carbocycles. The van der Waals surface area contributed by atoms with Crippen molar-refractivity contribution in [1.82, 2.24) is 15.2 Å². The zero-order valence-electron chi connectivity index (χ0n) is 15.1. The molecule has 144 valence electrons. The second-order valence-electron chi connectivity index (χ2n) is 5.90. The van der Waals surface area contributed by atoms with E-state index in [0.29, 0.717) is 10.6 Å². The van der Waals surface area contributed by atoms with Gasteiger partial charge in [-0.15, -0.1) is 0 Å². The molecule has 0 aliphatic rings. The summed E-state index contributed by atoms with van der Waals surface area (Å²) in [5.74, 6) is -1.20. The Hall–Kier alpha value is -3.83. The van der Waals surface area contributed by atoms with Crippen LogP contribution in [0.15, 0.2) is 58.4 Å². The molecule has 0 atom stereocenters. The summed E-state index contributed by atoms with van der Waals surface area (Å²) in [6.07, 6.45) is 1.41. The van der Waals surface area contributed by atoms with Crippen LogP contribution in [0.3, 0.4) is 0 Å². The minimum Gasteiger partial charge on any atom is -0.266 e. The standard InChI is InChI=1S/C20H13ClFN5O2/c1-12-17(10-23)20(29)27(16-8-6-15(22)7-9-16)26-18(12)19(28)25-24-11-13-2-4-14(21)5-3-13/h2-9,11H,1H3,(H,25,28)/b24-11+. The Labute approximate surface area is 169 Å². The number of nitrogens with zero attached hydrogens (tertiary/aromatic N) is 4. The lowest BCUT2D eigenvalue weighted by molar-refractivity contribution is 0.0947. The van der Waals surface area contributed by atoms with E-state index in [9.17, 15) is 19.2 Å². The Bertz CT molecular complexity index is 1200. The predicted octanol–water partition coefficient (Wildman–Crippen LogP) is 2.97. The van der Waals surface area contributed by atoms with Crippen LogP contribution in [-0.2, 0) is 0 Å². The Kier molecular flexibility index (Phi) is 5.81. The SMILES string of the molecule is Cc1c(C(=O)N/N=C/c2ccc(Cl)cc2)nn(-c2ccc(F)cc2)c(=O)c1C#N. The van der Waals surface area contributed by atoms with E-state index in [4.69, 9.17) is 11.6 Å². The Balaban J connectivity index is 1.95. The van der Waals surface area contributed by atoms with Gasteiger partial charge in [0.2, 0.25) is 0 Å². The van der Waals surface area contributed by atoms with Gasteiger partial charge in [-0.05, 0) is 48.9 Å². The summed E-state index contributed by atoms with van der Waals surface area (Å²) in [5, 5.41) is 17.8. The number of hydrazone groups is 1. The number of hydrogen-bond donors (Lipinski definition) is 1. The maximum Gasteiger partial charge on any atom is 0.292 e. The highest BCUT2D eigenvalue weighted by Crippen LogP contribution is 2.11. The van der Waals surface area contributed by atoms with E-state index in [0.717, 1.165) is 16.8 Å². The summed E-state index contributed by atoms with van der Waals surface area (Å²) >= 11 is 5.81. The van der Waals surface area contributed by atoms with E-state index in [-0.39, 0.29) is 22.5 Å². The van der Waals surface area contributed by atoms with Gasteiger partial charge < -0.3 is 0 Å². The highest BCUT2D eigenvalue weighted by Gasteiger charge is 2.20. The molecule has 1 aromatic heterocycles. The summed E-state index contributed by atoms with van der Waals surface area (Å²) in [7, 11) is 0. The fraction of sp³-hybridized carbons (Fsp3) is 0.0500. The number of carbonyl (C=O) groups excluding carboxylic acids is 1. The molecule has 0 bridgehead atoms. The van der Waals surface area contributed by atoms with Crippen molar-refractivity contribution in [3.63, 3.8) is 0 Å². The number of carbonyl (C=O) groups is 1. The molecule has 3 aromatic rings. The minimum atomic E-state index is -0.710. The van der Waals surface area contributed by atoms with Crippen LogP contribution in [0.2, 0.25) is 5.02 Å². The lowest BCUT2D eigenvalue weighted by Gasteiger charge is -2.10. The van der Waals surface area contributed by atoms with Crippen molar-refractivity contribution < 1.29 is 9.18 Å². The molecule has 0 saturated heterocycles. The number of amides is 1. The number of rotatable bonds is 4. The zero-order valence-corrected chi connectivity index (χ0v) is 15.8. The molecular weight excluding hydrogens is 397 g/mol. The van der Waals surface area contributed by atoms with E-state index in [2.05, 4.69) is 15.6 Å².